The highest BCUT2D eigenvalue weighted by Crippen LogP contribution is 2.29. The van der Waals surface area contributed by atoms with Crippen molar-refractivity contribution in [3.63, 3.8) is 0 Å². The van der Waals surface area contributed by atoms with E-state index in [0.29, 0.717) is 31.9 Å². The summed E-state index contributed by atoms with van der Waals surface area (Å²) in [7, 11) is 1.69. The fourth-order valence-corrected chi connectivity index (χ4v) is 4.41. The highest BCUT2D eigenvalue weighted by Gasteiger charge is 2.33. The van der Waals surface area contributed by atoms with Gasteiger partial charge < -0.3 is 25.0 Å². The molecule has 9 nitrogen and oxygen atoms in total. The molecule has 2 fully saturated rings. The summed E-state index contributed by atoms with van der Waals surface area (Å²) in [6.07, 6.45) is -0.847. The molecule has 0 aliphatic carbocycles. The van der Waals surface area contributed by atoms with E-state index >= 15 is 0 Å². The van der Waals surface area contributed by atoms with Gasteiger partial charge in [-0.25, -0.2) is 15.0 Å². The lowest BCUT2D eigenvalue weighted by atomic mass is 9.99. The second-order valence-electron chi connectivity index (χ2n) is 8.70. The maximum absolute atomic E-state index is 13.2. The summed E-state index contributed by atoms with van der Waals surface area (Å²) in [5, 5.41) is 6.44. The van der Waals surface area contributed by atoms with Gasteiger partial charge in [-0.3, -0.25) is 4.79 Å². The quantitative estimate of drug-likeness (QED) is 0.632. The van der Waals surface area contributed by atoms with Gasteiger partial charge in [0, 0.05) is 44.5 Å². The molecule has 190 valence electrons. The first-order valence-electron chi connectivity index (χ1n) is 11.5. The third-order valence-corrected chi connectivity index (χ3v) is 6.41. The Morgan fingerprint density at radius 2 is 1.97 bits per heavy atom. The third-order valence-electron chi connectivity index (χ3n) is 6.41. The molecule has 2 N–H and O–H groups in total. The topological polar surface area (TPSA) is 102 Å². The third kappa shape index (κ3) is 6.06. The lowest BCUT2D eigenvalue weighted by Crippen LogP contribution is -2.54. The van der Waals surface area contributed by atoms with Crippen LogP contribution in [-0.4, -0.2) is 77.4 Å². The van der Waals surface area contributed by atoms with E-state index in [-0.39, 0.29) is 41.4 Å². The van der Waals surface area contributed by atoms with Crippen LogP contribution >= 0.6 is 0 Å². The fourth-order valence-electron chi connectivity index (χ4n) is 4.41. The normalized spacial score (nSPS) is 21.7. The van der Waals surface area contributed by atoms with Crippen LogP contribution in [0, 0.1) is 6.92 Å². The van der Waals surface area contributed by atoms with E-state index in [0.717, 1.165) is 25.3 Å². The number of hydrogen-bond acceptors (Lipinski definition) is 8. The Balaban J connectivity index is 1.39. The fraction of sp³-hybridized carbons (Fsp3) is 0.565. The monoisotopic (exact) mass is 494 g/mol. The first-order valence-corrected chi connectivity index (χ1v) is 11.5. The van der Waals surface area contributed by atoms with E-state index in [2.05, 4.69) is 25.6 Å². The van der Waals surface area contributed by atoms with Gasteiger partial charge >= 0.3 is 6.18 Å². The number of aromatic nitrogens is 3. The molecule has 4 heterocycles. The molecular weight excluding hydrogens is 465 g/mol. The van der Waals surface area contributed by atoms with Crippen LogP contribution in [0.2, 0.25) is 0 Å². The minimum Gasteiger partial charge on any atom is -0.379 e. The number of halogens is 3. The first-order chi connectivity index (χ1) is 16.8. The Kier molecular flexibility index (Phi) is 7.82. The van der Waals surface area contributed by atoms with Crippen molar-refractivity contribution in [1.29, 1.82) is 0 Å². The van der Waals surface area contributed by atoms with Crippen molar-refractivity contribution in [1.82, 2.24) is 25.2 Å². The maximum atomic E-state index is 13.2. The van der Waals surface area contributed by atoms with Gasteiger partial charge in [0.25, 0.3) is 5.91 Å². The van der Waals surface area contributed by atoms with Crippen molar-refractivity contribution < 1.29 is 27.4 Å². The molecule has 2 saturated heterocycles. The molecule has 2 aromatic heterocycles. The van der Waals surface area contributed by atoms with E-state index < -0.39 is 11.9 Å². The molecule has 2 unspecified atom stereocenters. The second kappa shape index (κ2) is 10.8. The molecule has 2 aliphatic rings. The number of likely N-dealkylation sites (tertiary alicyclic amines) is 1. The van der Waals surface area contributed by atoms with Gasteiger partial charge in [-0.2, -0.15) is 13.2 Å². The molecule has 0 aromatic carbocycles. The van der Waals surface area contributed by atoms with Gasteiger partial charge in [0.05, 0.1) is 12.7 Å². The van der Waals surface area contributed by atoms with Gasteiger partial charge in [0.15, 0.2) is 0 Å². The van der Waals surface area contributed by atoms with Crippen molar-refractivity contribution in [2.24, 2.45) is 0 Å². The van der Waals surface area contributed by atoms with E-state index in [4.69, 9.17) is 9.47 Å². The molecule has 1 amide bonds. The Labute approximate surface area is 201 Å². The summed E-state index contributed by atoms with van der Waals surface area (Å²) in [5.41, 5.74) is -0.355. The maximum Gasteiger partial charge on any atom is 0.433 e. The number of nitrogens with one attached hydrogen (secondary N) is 2. The molecule has 0 spiro atoms. The number of carbonyl (C=O) groups is 1. The minimum atomic E-state index is -4.56. The number of hydrogen-bond donors (Lipinski definition) is 2. The number of methoxy groups -OCH3 is 1. The van der Waals surface area contributed by atoms with Crippen LogP contribution in [0.25, 0.3) is 0 Å². The van der Waals surface area contributed by atoms with E-state index in [1.165, 1.54) is 18.5 Å². The largest absolute Gasteiger partial charge is 0.433 e. The van der Waals surface area contributed by atoms with Crippen LogP contribution in [-0.2, 0) is 15.7 Å². The summed E-state index contributed by atoms with van der Waals surface area (Å²) in [6, 6.07) is 4.05. The highest BCUT2D eigenvalue weighted by molar-refractivity contribution is 5.95. The number of ether oxygens (including phenoxy) is 2. The summed E-state index contributed by atoms with van der Waals surface area (Å²) >= 11 is 0. The molecule has 0 radical (unpaired) electrons. The Hall–Kier alpha value is -2.83. The van der Waals surface area contributed by atoms with Crippen molar-refractivity contribution in [2.45, 2.75) is 50.6 Å². The summed E-state index contributed by atoms with van der Waals surface area (Å²) in [4.78, 5) is 26.8. The van der Waals surface area contributed by atoms with Crippen LogP contribution in [0.3, 0.4) is 0 Å². The SMILES string of the molecule is COC1COCCC1NC1CCN(C(=O)c2ncnc(Nc3cccc(C(F)(F)F)n3)c2C)CC1. The lowest BCUT2D eigenvalue weighted by molar-refractivity contribution is -0.141. The average molecular weight is 495 g/mol. The Morgan fingerprint density at radius 3 is 2.69 bits per heavy atom. The lowest BCUT2D eigenvalue weighted by Gasteiger charge is -2.38. The first kappa shape index (κ1) is 25.3. The molecule has 2 atom stereocenters. The predicted octanol–water partition coefficient (Wildman–Crippen LogP) is 2.94. The van der Waals surface area contributed by atoms with E-state index in [1.807, 2.05) is 0 Å². The second-order valence-corrected chi connectivity index (χ2v) is 8.70. The van der Waals surface area contributed by atoms with Crippen molar-refractivity contribution >= 4 is 17.5 Å². The standard InChI is InChI=1S/C23H29F3N6O3/c1-14-20(27-13-28-21(14)31-19-5-3-4-18(30-19)23(24,25)26)22(33)32-9-6-15(7-10-32)29-16-8-11-35-12-17(16)34-2/h3-5,13,15-17,29H,6-12H2,1-2H3,(H,27,28,30,31). The number of amides is 1. The van der Waals surface area contributed by atoms with Crippen LogP contribution in [0.5, 0.6) is 0 Å². The molecule has 12 heteroatoms. The predicted molar refractivity (Wildman–Crippen MR) is 121 cm³/mol. The van der Waals surface area contributed by atoms with Crippen LogP contribution in [0.1, 0.15) is 41.0 Å². The van der Waals surface area contributed by atoms with Gasteiger partial charge in [-0.1, -0.05) is 6.07 Å². The summed E-state index contributed by atoms with van der Waals surface area (Å²) < 4.78 is 49.9. The van der Waals surface area contributed by atoms with Crippen LogP contribution in [0.15, 0.2) is 24.5 Å². The van der Waals surface area contributed by atoms with Gasteiger partial charge in [0.1, 0.15) is 29.4 Å². The number of alkyl halides is 3. The number of nitrogens with zero attached hydrogens (tertiary/aromatic N) is 4. The number of piperidine rings is 1. The summed E-state index contributed by atoms with van der Waals surface area (Å²) in [5.74, 6) is -0.0181. The zero-order valence-electron chi connectivity index (χ0n) is 19.6. The molecule has 2 aliphatic heterocycles. The Morgan fingerprint density at radius 1 is 1.20 bits per heavy atom. The number of pyridine rings is 1. The zero-order valence-corrected chi connectivity index (χ0v) is 19.6. The van der Waals surface area contributed by atoms with Gasteiger partial charge in [0.2, 0.25) is 0 Å². The molecule has 0 bridgehead atoms. The molecule has 35 heavy (non-hydrogen) atoms. The molecule has 2 aromatic rings. The summed E-state index contributed by atoms with van der Waals surface area (Å²) in [6.45, 7) is 4.07. The van der Waals surface area contributed by atoms with Crippen LogP contribution < -0.4 is 10.6 Å². The minimum absolute atomic E-state index is 0.0179. The number of carbonyl (C=O) groups excluding carboxylic acids is 1. The number of anilines is 2. The van der Waals surface area contributed by atoms with Crippen molar-refractivity contribution in [3.05, 3.63) is 41.5 Å². The molecule has 0 saturated carbocycles. The smallest absolute Gasteiger partial charge is 0.379 e. The Bertz CT molecular complexity index is 1030. The molecular formula is C23H29F3N6O3. The van der Waals surface area contributed by atoms with E-state index in [9.17, 15) is 18.0 Å². The van der Waals surface area contributed by atoms with Crippen LogP contribution in [0.4, 0.5) is 24.8 Å². The van der Waals surface area contributed by atoms with E-state index in [1.54, 1.807) is 18.9 Å². The van der Waals surface area contributed by atoms with Crippen molar-refractivity contribution in [2.75, 3.05) is 38.7 Å². The highest BCUT2D eigenvalue weighted by atomic mass is 19.4. The average Bonchev–Trinajstić information content (AvgIpc) is 2.85. The molecule has 4 rings (SSSR count). The number of rotatable bonds is 6. The zero-order chi connectivity index (χ0) is 25.0. The van der Waals surface area contributed by atoms with Gasteiger partial charge in [-0.15, -0.1) is 0 Å². The van der Waals surface area contributed by atoms with Crippen molar-refractivity contribution in [3.8, 4) is 0 Å². The van der Waals surface area contributed by atoms with Gasteiger partial charge in [-0.05, 0) is 38.3 Å².